The van der Waals surface area contributed by atoms with Crippen molar-refractivity contribution in [3.63, 3.8) is 0 Å². The number of alkyl halides is 6. The second-order valence-corrected chi connectivity index (χ2v) is 10.5. The molecule has 0 aliphatic carbocycles. The van der Waals surface area contributed by atoms with Crippen molar-refractivity contribution in [2.24, 2.45) is 0 Å². The average molecular weight is 560 g/mol. The van der Waals surface area contributed by atoms with Gasteiger partial charge in [0.1, 0.15) is 11.0 Å². The molecule has 3 rings (SSSR count). The van der Waals surface area contributed by atoms with Gasteiger partial charge in [-0.3, -0.25) is 4.79 Å². The van der Waals surface area contributed by atoms with E-state index in [9.17, 15) is 44.7 Å². The predicted octanol–water partition coefficient (Wildman–Crippen LogP) is 5.19. The number of benzene rings is 2. The standard InChI is InChI=1S/C24H18F6N2O5S/c1-14(20-3-2-10-37-20)38(35,36)13-22(34,16-5-7-17(8-6-16)23(25,26)27)21(33)32-18-9-4-15(12-31)19(11-18)24(28,29)30/h2-11,14,34H,13H2,1H3,(H,32,33). The van der Waals surface area contributed by atoms with Crippen LogP contribution in [0.15, 0.2) is 65.3 Å². The molecule has 3 aromatic rings. The van der Waals surface area contributed by atoms with Crippen molar-refractivity contribution in [2.75, 3.05) is 11.1 Å². The van der Waals surface area contributed by atoms with Crippen molar-refractivity contribution in [3.8, 4) is 6.07 Å². The molecule has 1 amide bonds. The van der Waals surface area contributed by atoms with Gasteiger partial charge < -0.3 is 14.8 Å². The minimum absolute atomic E-state index is 0.0536. The van der Waals surface area contributed by atoms with Gasteiger partial charge in [0.25, 0.3) is 5.91 Å². The molecule has 2 unspecified atom stereocenters. The van der Waals surface area contributed by atoms with Crippen molar-refractivity contribution < 1.29 is 49.1 Å². The van der Waals surface area contributed by atoms with Crippen LogP contribution in [0.3, 0.4) is 0 Å². The van der Waals surface area contributed by atoms with Crippen molar-refractivity contribution in [1.29, 1.82) is 5.26 Å². The Balaban J connectivity index is 2.07. The third-order valence-electron chi connectivity index (χ3n) is 5.66. The lowest BCUT2D eigenvalue weighted by atomic mass is 9.93. The fourth-order valence-corrected chi connectivity index (χ4v) is 5.14. The summed E-state index contributed by atoms with van der Waals surface area (Å²) in [5.74, 6) is -2.95. The number of halogens is 6. The molecule has 38 heavy (non-hydrogen) atoms. The third kappa shape index (κ3) is 6.00. The summed E-state index contributed by atoms with van der Waals surface area (Å²) >= 11 is 0. The molecule has 14 heteroatoms. The lowest BCUT2D eigenvalue weighted by molar-refractivity contribution is -0.138. The maximum absolute atomic E-state index is 13.3. The van der Waals surface area contributed by atoms with Crippen LogP contribution < -0.4 is 5.32 Å². The molecule has 0 aliphatic heterocycles. The van der Waals surface area contributed by atoms with Crippen molar-refractivity contribution in [1.82, 2.24) is 0 Å². The van der Waals surface area contributed by atoms with Crippen LogP contribution >= 0.6 is 0 Å². The van der Waals surface area contributed by atoms with Crippen LogP contribution in [-0.2, 0) is 32.6 Å². The Bertz CT molecular complexity index is 1460. The lowest BCUT2D eigenvalue weighted by Gasteiger charge is -2.29. The molecule has 7 nitrogen and oxygen atoms in total. The first-order valence-corrected chi connectivity index (χ1v) is 12.3. The van der Waals surface area contributed by atoms with Crippen LogP contribution in [0.4, 0.5) is 32.0 Å². The number of furan rings is 1. The second kappa shape index (κ2) is 10.1. The zero-order chi connectivity index (χ0) is 28.5. The Hall–Kier alpha value is -3.83. The van der Waals surface area contributed by atoms with Crippen LogP contribution in [0, 0.1) is 11.3 Å². The van der Waals surface area contributed by atoms with Crippen molar-refractivity contribution in [2.45, 2.75) is 30.1 Å². The highest BCUT2D eigenvalue weighted by Crippen LogP contribution is 2.36. The van der Waals surface area contributed by atoms with Gasteiger partial charge in [-0.2, -0.15) is 31.6 Å². The van der Waals surface area contributed by atoms with Crippen molar-refractivity contribution >= 4 is 21.4 Å². The number of hydrogen-bond acceptors (Lipinski definition) is 6. The van der Waals surface area contributed by atoms with E-state index in [1.807, 2.05) is 5.32 Å². The first-order chi connectivity index (χ1) is 17.5. The van der Waals surface area contributed by atoms with Gasteiger partial charge in [-0.25, -0.2) is 8.42 Å². The van der Waals surface area contributed by atoms with Gasteiger partial charge in [0.2, 0.25) is 0 Å². The summed E-state index contributed by atoms with van der Waals surface area (Å²) in [6, 6.07) is 8.54. The Morgan fingerprint density at radius 2 is 1.63 bits per heavy atom. The normalized spacial score (nSPS) is 14.8. The number of rotatable bonds is 7. The fraction of sp³-hybridized carbons (Fsp3) is 0.250. The number of nitriles is 1. The Morgan fingerprint density at radius 1 is 1.03 bits per heavy atom. The average Bonchev–Trinajstić information content (AvgIpc) is 3.37. The smallest absolute Gasteiger partial charge is 0.417 e. The van der Waals surface area contributed by atoms with E-state index in [4.69, 9.17) is 9.68 Å². The first kappa shape index (κ1) is 28.7. The molecule has 0 saturated carbocycles. The third-order valence-corrected chi connectivity index (χ3v) is 7.79. The Morgan fingerprint density at radius 3 is 2.13 bits per heavy atom. The summed E-state index contributed by atoms with van der Waals surface area (Å²) in [7, 11) is -4.46. The highest BCUT2D eigenvalue weighted by Gasteiger charge is 2.45. The number of hydrogen-bond donors (Lipinski definition) is 2. The van der Waals surface area contributed by atoms with Crippen LogP contribution in [0.2, 0.25) is 0 Å². The molecule has 0 saturated heterocycles. The highest BCUT2D eigenvalue weighted by molar-refractivity contribution is 7.91. The molecule has 2 aromatic carbocycles. The first-order valence-electron chi connectivity index (χ1n) is 10.6. The summed E-state index contributed by atoms with van der Waals surface area (Å²) < 4.78 is 110. The largest absolute Gasteiger partial charge is 0.468 e. The van der Waals surface area contributed by atoms with E-state index in [0.717, 1.165) is 12.1 Å². The summed E-state index contributed by atoms with van der Waals surface area (Å²) in [4.78, 5) is 13.2. The van der Waals surface area contributed by atoms with E-state index in [0.29, 0.717) is 30.3 Å². The maximum atomic E-state index is 13.3. The van der Waals surface area contributed by atoms with E-state index in [1.165, 1.54) is 31.4 Å². The van der Waals surface area contributed by atoms with Crippen LogP contribution in [0.25, 0.3) is 0 Å². The molecular weight excluding hydrogens is 542 g/mol. The van der Waals surface area contributed by atoms with E-state index in [1.54, 1.807) is 0 Å². The SMILES string of the molecule is CC(c1ccco1)S(=O)(=O)CC(O)(C(=O)Nc1ccc(C#N)c(C(F)(F)F)c1)c1ccc(C(F)(F)F)cc1. The molecule has 202 valence electrons. The number of carbonyl (C=O) groups excluding carboxylic acids is 1. The van der Waals surface area contributed by atoms with Gasteiger partial charge in [0.15, 0.2) is 15.4 Å². The van der Waals surface area contributed by atoms with Crippen LogP contribution in [0.5, 0.6) is 0 Å². The van der Waals surface area contributed by atoms with Gasteiger partial charge in [-0.15, -0.1) is 0 Å². The molecule has 1 aromatic heterocycles. The summed E-state index contributed by atoms with van der Waals surface area (Å²) in [5, 5.41) is 20.9. The minimum atomic E-state index is -4.99. The topological polar surface area (TPSA) is 120 Å². The van der Waals surface area contributed by atoms with Gasteiger partial charge in [-0.05, 0) is 55.0 Å². The summed E-state index contributed by atoms with van der Waals surface area (Å²) in [5.41, 5.74) is -7.49. The number of carbonyl (C=O) groups is 1. The quantitative estimate of drug-likeness (QED) is 0.384. The van der Waals surface area contributed by atoms with E-state index in [2.05, 4.69) is 0 Å². The monoisotopic (exact) mass is 560 g/mol. The van der Waals surface area contributed by atoms with Crippen molar-refractivity contribution in [3.05, 3.63) is 88.9 Å². The van der Waals surface area contributed by atoms with Gasteiger partial charge in [0.05, 0.1) is 34.8 Å². The Labute approximate surface area is 212 Å². The van der Waals surface area contributed by atoms with E-state index < -0.39 is 72.6 Å². The molecule has 0 spiro atoms. The predicted molar refractivity (Wildman–Crippen MR) is 121 cm³/mol. The summed E-state index contributed by atoms with van der Waals surface area (Å²) in [6.45, 7) is 1.19. The fourth-order valence-electron chi connectivity index (χ4n) is 3.52. The van der Waals surface area contributed by atoms with Crippen LogP contribution in [-0.4, -0.2) is 25.2 Å². The molecule has 0 fully saturated rings. The number of nitrogens with zero attached hydrogens (tertiary/aromatic N) is 1. The second-order valence-electron chi connectivity index (χ2n) is 8.22. The molecule has 0 radical (unpaired) electrons. The molecule has 1 heterocycles. The van der Waals surface area contributed by atoms with Crippen LogP contribution in [0.1, 0.15) is 40.2 Å². The molecule has 2 N–H and O–H groups in total. The molecular formula is C24H18F6N2O5S. The molecule has 2 atom stereocenters. The van der Waals surface area contributed by atoms with Gasteiger partial charge >= 0.3 is 12.4 Å². The number of aliphatic hydroxyl groups is 1. The minimum Gasteiger partial charge on any atom is -0.468 e. The lowest BCUT2D eigenvalue weighted by Crippen LogP contribution is -2.46. The Kier molecular flexibility index (Phi) is 7.67. The molecule has 0 bridgehead atoms. The molecule has 0 aliphatic rings. The summed E-state index contributed by atoms with van der Waals surface area (Å²) in [6.07, 6.45) is -8.59. The van der Waals surface area contributed by atoms with Gasteiger partial charge in [0, 0.05) is 5.69 Å². The number of sulfone groups is 1. The number of nitrogens with one attached hydrogen (secondary N) is 1. The zero-order valence-electron chi connectivity index (χ0n) is 19.3. The number of anilines is 1. The maximum Gasteiger partial charge on any atom is 0.417 e. The van der Waals surface area contributed by atoms with Gasteiger partial charge in [-0.1, -0.05) is 12.1 Å². The zero-order valence-corrected chi connectivity index (χ0v) is 20.1. The number of amides is 1. The van der Waals surface area contributed by atoms with E-state index >= 15 is 0 Å². The highest BCUT2D eigenvalue weighted by atomic mass is 32.2. The van der Waals surface area contributed by atoms with E-state index in [-0.39, 0.29) is 5.76 Å².